The second-order valence-corrected chi connectivity index (χ2v) is 8.44. The van der Waals surface area contributed by atoms with Crippen LogP contribution in [-0.2, 0) is 4.74 Å². The highest BCUT2D eigenvalue weighted by molar-refractivity contribution is 5.00. The van der Waals surface area contributed by atoms with Crippen molar-refractivity contribution in [3.05, 3.63) is 0 Å². The van der Waals surface area contributed by atoms with E-state index < -0.39 is 5.92 Å². The molecule has 0 bridgehead atoms. The number of fused-ring (bicyclic) bond motifs is 5. The smallest absolute Gasteiger partial charge is 0.248 e. The van der Waals surface area contributed by atoms with Gasteiger partial charge in [-0.3, -0.25) is 0 Å². The van der Waals surface area contributed by atoms with E-state index in [1.165, 1.54) is 38.5 Å². The Balaban J connectivity index is 0.000000334. The van der Waals surface area contributed by atoms with Crippen LogP contribution in [0.2, 0.25) is 0 Å². The lowest BCUT2D eigenvalue weighted by molar-refractivity contribution is -0.111. The lowest BCUT2D eigenvalue weighted by atomic mass is 9.53. The summed E-state index contributed by atoms with van der Waals surface area (Å²) in [5, 5.41) is 0. The van der Waals surface area contributed by atoms with Gasteiger partial charge in [-0.25, -0.2) is 8.78 Å². The van der Waals surface area contributed by atoms with Crippen molar-refractivity contribution in [2.45, 2.75) is 90.9 Å². The summed E-state index contributed by atoms with van der Waals surface area (Å²) >= 11 is 0. The molecule has 25 heavy (non-hydrogen) atoms. The van der Waals surface area contributed by atoms with Crippen molar-refractivity contribution in [3.63, 3.8) is 0 Å². The number of hydrogen-bond acceptors (Lipinski definition) is 1. The molecule has 1 nitrogen and oxygen atoms in total. The van der Waals surface area contributed by atoms with Gasteiger partial charge in [-0.15, -0.1) is 0 Å². The van der Waals surface area contributed by atoms with E-state index in [2.05, 4.69) is 4.74 Å². The first-order chi connectivity index (χ1) is 12.1. The molecule has 6 atom stereocenters. The fraction of sp³-hybridized carbons (Fsp3) is 1.00. The highest BCUT2D eigenvalue weighted by Crippen LogP contribution is 2.59. The van der Waals surface area contributed by atoms with E-state index in [1.807, 2.05) is 20.8 Å². The van der Waals surface area contributed by atoms with Gasteiger partial charge < -0.3 is 4.74 Å². The number of alkyl halides is 2. The Morgan fingerprint density at radius 1 is 0.800 bits per heavy atom. The molecule has 0 saturated heterocycles. The van der Waals surface area contributed by atoms with Gasteiger partial charge in [0, 0.05) is 26.6 Å². The van der Waals surface area contributed by atoms with Crippen LogP contribution in [0.1, 0.15) is 85.0 Å². The largest absolute Gasteiger partial charge is 0.385 e. The first kappa shape index (κ1) is 21.1. The molecule has 0 aliphatic heterocycles. The van der Waals surface area contributed by atoms with Crippen molar-refractivity contribution in [1.82, 2.24) is 0 Å². The first-order valence-corrected chi connectivity index (χ1v) is 10.9. The van der Waals surface area contributed by atoms with Gasteiger partial charge >= 0.3 is 0 Å². The SMILES string of the molecule is CC.CCOC.FC1(F)CCC2[C@@H](CCC3[C@@H]4CCCC4CC[C@H]23)C1. The van der Waals surface area contributed by atoms with Crippen molar-refractivity contribution in [2.24, 2.45) is 35.5 Å². The average molecular weight is 359 g/mol. The van der Waals surface area contributed by atoms with Crippen molar-refractivity contribution in [1.29, 1.82) is 0 Å². The van der Waals surface area contributed by atoms with Crippen molar-refractivity contribution < 1.29 is 13.5 Å². The summed E-state index contributed by atoms with van der Waals surface area (Å²) in [6.45, 7) is 6.78. The maximum absolute atomic E-state index is 13.6. The summed E-state index contributed by atoms with van der Waals surface area (Å²) in [5.41, 5.74) is 0. The molecule has 0 N–H and O–H groups in total. The minimum atomic E-state index is -2.35. The Hall–Kier alpha value is -0.180. The minimum absolute atomic E-state index is 0.172. The predicted molar refractivity (Wildman–Crippen MR) is 101 cm³/mol. The second kappa shape index (κ2) is 9.67. The van der Waals surface area contributed by atoms with Crippen molar-refractivity contribution >= 4 is 0 Å². The first-order valence-electron chi connectivity index (χ1n) is 10.9. The molecule has 0 amide bonds. The zero-order chi connectivity index (χ0) is 18.4. The minimum Gasteiger partial charge on any atom is -0.385 e. The summed E-state index contributed by atoms with van der Waals surface area (Å²) in [5.74, 6) is 2.36. The Morgan fingerprint density at radius 3 is 1.96 bits per heavy atom. The third kappa shape index (κ3) is 4.96. The zero-order valence-electron chi connectivity index (χ0n) is 16.9. The van der Waals surface area contributed by atoms with Gasteiger partial charge in [-0.05, 0) is 81.0 Å². The monoisotopic (exact) mass is 358 g/mol. The summed E-state index contributed by atoms with van der Waals surface area (Å²) < 4.78 is 31.8. The van der Waals surface area contributed by atoms with Crippen LogP contribution in [-0.4, -0.2) is 19.6 Å². The van der Waals surface area contributed by atoms with Gasteiger partial charge in [-0.2, -0.15) is 0 Å². The number of methoxy groups -OCH3 is 1. The Morgan fingerprint density at radius 2 is 1.36 bits per heavy atom. The fourth-order valence-corrected chi connectivity index (χ4v) is 6.42. The highest BCUT2D eigenvalue weighted by Gasteiger charge is 2.52. The molecule has 4 aliphatic carbocycles. The maximum Gasteiger partial charge on any atom is 0.248 e. The van der Waals surface area contributed by atoms with E-state index in [1.54, 1.807) is 7.11 Å². The molecule has 0 aromatic heterocycles. The van der Waals surface area contributed by atoms with Crippen LogP contribution in [0.4, 0.5) is 8.78 Å². The Kier molecular flexibility index (Phi) is 8.17. The van der Waals surface area contributed by atoms with Crippen molar-refractivity contribution in [3.8, 4) is 0 Å². The van der Waals surface area contributed by atoms with E-state index in [4.69, 9.17) is 0 Å². The third-order valence-corrected chi connectivity index (χ3v) is 7.41. The molecule has 3 heteroatoms. The van der Waals surface area contributed by atoms with Crippen LogP contribution in [0.15, 0.2) is 0 Å². The molecule has 0 heterocycles. The lowest BCUT2D eigenvalue weighted by Crippen LogP contribution is -2.46. The molecule has 3 unspecified atom stereocenters. The number of rotatable bonds is 1. The lowest BCUT2D eigenvalue weighted by Gasteiger charge is -2.52. The van der Waals surface area contributed by atoms with Gasteiger partial charge in [0.05, 0.1) is 0 Å². The van der Waals surface area contributed by atoms with Crippen LogP contribution < -0.4 is 0 Å². The van der Waals surface area contributed by atoms with Gasteiger partial charge in [0.25, 0.3) is 0 Å². The van der Waals surface area contributed by atoms with Crippen LogP contribution >= 0.6 is 0 Å². The van der Waals surface area contributed by atoms with Crippen LogP contribution in [0, 0.1) is 35.5 Å². The molecule has 4 rings (SSSR count). The van der Waals surface area contributed by atoms with Crippen LogP contribution in [0.3, 0.4) is 0 Å². The van der Waals surface area contributed by atoms with Gasteiger partial charge in [0.1, 0.15) is 0 Å². The van der Waals surface area contributed by atoms with Crippen molar-refractivity contribution in [2.75, 3.05) is 13.7 Å². The van der Waals surface area contributed by atoms with Crippen LogP contribution in [0.5, 0.6) is 0 Å². The average Bonchev–Trinajstić information content (AvgIpc) is 3.11. The maximum atomic E-state index is 13.6. The zero-order valence-corrected chi connectivity index (χ0v) is 16.9. The van der Waals surface area contributed by atoms with E-state index in [-0.39, 0.29) is 12.8 Å². The van der Waals surface area contributed by atoms with Gasteiger partial charge in [0.15, 0.2) is 0 Å². The molecule has 4 fully saturated rings. The molecule has 0 radical (unpaired) electrons. The number of ether oxygens (including phenoxy) is 1. The van der Waals surface area contributed by atoms with Gasteiger partial charge in [0.2, 0.25) is 5.92 Å². The van der Waals surface area contributed by atoms with Gasteiger partial charge in [-0.1, -0.05) is 26.7 Å². The number of hydrogen-bond donors (Lipinski definition) is 0. The summed E-state index contributed by atoms with van der Waals surface area (Å²) in [6, 6.07) is 0. The number of halogens is 2. The molecule has 148 valence electrons. The van der Waals surface area contributed by atoms with E-state index in [0.717, 1.165) is 43.1 Å². The van der Waals surface area contributed by atoms with E-state index in [0.29, 0.717) is 11.8 Å². The standard InChI is InChI=1S/C17H26F2.C3H8O.C2H6/c18-17(19)9-8-14-12(10-17)5-7-15-13-3-1-2-11(13)4-6-16(14)15;1-3-4-2;1-2/h11-16H,1-10H2;3H2,1-2H3;1-2H3/t11?,12-,13+,14?,15?,16+;;/m0../s1. The van der Waals surface area contributed by atoms with Crippen LogP contribution in [0.25, 0.3) is 0 Å². The summed E-state index contributed by atoms with van der Waals surface area (Å²) in [7, 11) is 1.68. The Labute approximate surface area is 154 Å². The normalized spacial score (nSPS) is 41.0. The molecule has 4 saturated carbocycles. The molecule has 4 aliphatic rings. The molecular weight excluding hydrogens is 318 g/mol. The predicted octanol–water partition coefficient (Wildman–Crippen LogP) is 6.95. The van der Waals surface area contributed by atoms with E-state index >= 15 is 0 Å². The topological polar surface area (TPSA) is 9.23 Å². The summed E-state index contributed by atoms with van der Waals surface area (Å²) in [4.78, 5) is 0. The van der Waals surface area contributed by atoms with E-state index in [9.17, 15) is 8.78 Å². The molecule has 0 spiro atoms. The quantitative estimate of drug-likeness (QED) is 0.492. The molecule has 0 aromatic rings. The summed E-state index contributed by atoms with van der Waals surface area (Å²) in [6.07, 6.45) is 10.7. The Bertz CT molecular complexity index is 382. The third-order valence-electron chi connectivity index (χ3n) is 7.41. The molecular formula is C22H40F2O. The fourth-order valence-electron chi connectivity index (χ4n) is 6.42. The second-order valence-electron chi connectivity index (χ2n) is 8.44. The molecule has 0 aromatic carbocycles. The highest BCUT2D eigenvalue weighted by atomic mass is 19.3.